The maximum atomic E-state index is 12.3. The molecule has 25 heavy (non-hydrogen) atoms. The fourth-order valence-corrected chi connectivity index (χ4v) is 2.26. The molecule has 0 bridgehead atoms. The van der Waals surface area contributed by atoms with Crippen molar-refractivity contribution in [2.24, 2.45) is 0 Å². The summed E-state index contributed by atoms with van der Waals surface area (Å²) in [6, 6.07) is 11.6. The van der Waals surface area contributed by atoms with E-state index in [1.54, 1.807) is 24.3 Å². The molecule has 0 radical (unpaired) electrons. The lowest BCUT2D eigenvalue weighted by Gasteiger charge is -2.06. The largest absolute Gasteiger partial charge is 0.497 e. The maximum absolute atomic E-state index is 12.3. The fraction of sp³-hybridized carbons (Fsp3) is 0.0588. The molecule has 0 unspecified atom stereocenters. The number of amides is 1. The van der Waals surface area contributed by atoms with Gasteiger partial charge in [0.15, 0.2) is 0 Å². The Balaban J connectivity index is 1.95. The molecule has 0 fully saturated rings. The van der Waals surface area contributed by atoms with Gasteiger partial charge in [-0.3, -0.25) is 14.9 Å². The van der Waals surface area contributed by atoms with Crippen LogP contribution in [0, 0.1) is 10.1 Å². The number of nitrogens with one attached hydrogen (secondary N) is 1. The predicted octanol–water partition coefficient (Wildman–Crippen LogP) is 2.96. The average Bonchev–Trinajstić information content (AvgIpc) is 2.61. The minimum Gasteiger partial charge on any atom is -0.497 e. The van der Waals surface area contributed by atoms with Crippen molar-refractivity contribution < 1.29 is 18.9 Å². The lowest BCUT2D eigenvalue weighted by atomic mass is 10.1. The van der Waals surface area contributed by atoms with Gasteiger partial charge >= 0.3 is 5.63 Å². The van der Waals surface area contributed by atoms with Crippen molar-refractivity contribution in [2.75, 3.05) is 12.4 Å². The topological polar surface area (TPSA) is 112 Å². The zero-order valence-corrected chi connectivity index (χ0v) is 13.0. The summed E-state index contributed by atoms with van der Waals surface area (Å²) in [5.41, 5.74) is -0.611. The molecule has 2 aromatic carbocycles. The molecule has 0 aliphatic heterocycles. The predicted molar refractivity (Wildman–Crippen MR) is 90.1 cm³/mol. The van der Waals surface area contributed by atoms with Gasteiger partial charge in [0.1, 0.15) is 16.9 Å². The standard InChI is InChI=1S/C17H12N2O6/c1-24-13-5-2-11(3-6-13)18-16(20)14-9-10-8-12(19(22)23)4-7-15(10)25-17(14)21/h2-9H,1H3,(H,18,20). The van der Waals surface area contributed by atoms with Crippen molar-refractivity contribution in [1.29, 1.82) is 0 Å². The van der Waals surface area contributed by atoms with Crippen LogP contribution in [0.25, 0.3) is 11.0 Å². The van der Waals surface area contributed by atoms with E-state index in [4.69, 9.17) is 9.15 Å². The Morgan fingerprint density at radius 1 is 1.16 bits per heavy atom. The number of carbonyl (C=O) groups is 1. The third-order valence-corrected chi connectivity index (χ3v) is 3.52. The van der Waals surface area contributed by atoms with Crippen LogP contribution in [0.3, 0.4) is 0 Å². The van der Waals surface area contributed by atoms with Crippen LogP contribution in [0.5, 0.6) is 5.75 Å². The van der Waals surface area contributed by atoms with Gasteiger partial charge in [0.25, 0.3) is 11.6 Å². The number of ether oxygens (including phenoxy) is 1. The Kier molecular flexibility index (Phi) is 4.17. The van der Waals surface area contributed by atoms with E-state index in [9.17, 15) is 19.7 Å². The van der Waals surface area contributed by atoms with Gasteiger partial charge in [-0.25, -0.2) is 4.79 Å². The summed E-state index contributed by atoms with van der Waals surface area (Å²) in [7, 11) is 1.52. The highest BCUT2D eigenvalue weighted by atomic mass is 16.6. The van der Waals surface area contributed by atoms with Gasteiger partial charge < -0.3 is 14.5 Å². The molecule has 8 heteroatoms. The second-order valence-electron chi connectivity index (χ2n) is 5.11. The van der Waals surface area contributed by atoms with Gasteiger partial charge in [0, 0.05) is 23.2 Å². The van der Waals surface area contributed by atoms with Gasteiger partial charge in [-0.15, -0.1) is 0 Å². The lowest BCUT2D eigenvalue weighted by Crippen LogP contribution is -2.20. The van der Waals surface area contributed by atoms with Gasteiger partial charge in [-0.05, 0) is 36.4 Å². The molecule has 0 atom stereocenters. The minimum atomic E-state index is -0.827. The molecule has 0 saturated heterocycles. The number of fused-ring (bicyclic) bond motifs is 1. The van der Waals surface area contributed by atoms with E-state index < -0.39 is 16.5 Å². The first-order chi connectivity index (χ1) is 12.0. The van der Waals surface area contributed by atoms with Crippen molar-refractivity contribution in [3.05, 3.63) is 74.6 Å². The SMILES string of the molecule is COc1ccc(NC(=O)c2cc3cc([N+](=O)[O-])ccc3oc2=O)cc1. The van der Waals surface area contributed by atoms with Gasteiger partial charge in [0.05, 0.1) is 12.0 Å². The van der Waals surface area contributed by atoms with Crippen LogP contribution in [-0.2, 0) is 0 Å². The first-order valence-corrected chi connectivity index (χ1v) is 7.15. The van der Waals surface area contributed by atoms with Crippen LogP contribution in [0.4, 0.5) is 11.4 Å². The summed E-state index contributed by atoms with van der Waals surface area (Å²) < 4.78 is 10.1. The van der Waals surface area contributed by atoms with Crippen molar-refractivity contribution >= 4 is 28.3 Å². The summed E-state index contributed by atoms with van der Waals surface area (Å²) in [6.07, 6.45) is 0. The molecular weight excluding hydrogens is 328 g/mol. The Morgan fingerprint density at radius 3 is 2.52 bits per heavy atom. The molecule has 3 rings (SSSR count). The van der Waals surface area contributed by atoms with Crippen LogP contribution in [0.1, 0.15) is 10.4 Å². The fourth-order valence-electron chi connectivity index (χ4n) is 2.26. The van der Waals surface area contributed by atoms with Crippen LogP contribution in [0.15, 0.2) is 57.7 Å². The van der Waals surface area contributed by atoms with Crippen molar-refractivity contribution in [1.82, 2.24) is 0 Å². The summed E-state index contributed by atoms with van der Waals surface area (Å²) in [5.74, 6) is -0.0529. The Bertz CT molecular complexity index is 1020. The highest BCUT2D eigenvalue weighted by Gasteiger charge is 2.16. The highest BCUT2D eigenvalue weighted by Crippen LogP contribution is 2.21. The van der Waals surface area contributed by atoms with E-state index in [0.29, 0.717) is 11.4 Å². The number of methoxy groups -OCH3 is 1. The second kappa shape index (κ2) is 6.44. The van der Waals surface area contributed by atoms with Crippen LogP contribution in [0.2, 0.25) is 0 Å². The number of nitrogens with zero attached hydrogens (tertiary/aromatic N) is 1. The van der Waals surface area contributed by atoms with E-state index >= 15 is 0 Å². The Labute approximate surface area is 140 Å². The van der Waals surface area contributed by atoms with Crippen LogP contribution >= 0.6 is 0 Å². The molecule has 1 heterocycles. The van der Waals surface area contributed by atoms with E-state index in [0.717, 1.165) is 0 Å². The Hall–Kier alpha value is -3.68. The van der Waals surface area contributed by atoms with E-state index in [1.165, 1.54) is 31.4 Å². The first kappa shape index (κ1) is 16.2. The molecule has 0 spiro atoms. The number of nitro benzene ring substituents is 1. The number of hydrogen-bond acceptors (Lipinski definition) is 6. The second-order valence-corrected chi connectivity index (χ2v) is 5.11. The van der Waals surface area contributed by atoms with Crippen molar-refractivity contribution in [2.45, 2.75) is 0 Å². The molecule has 1 aromatic heterocycles. The molecular formula is C17H12N2O6. The van der Waals surface area contributed by atoms with Gasteiger partial charge in [-0.2, -0.15) is 0 Å². The number of non-ortho nitro benzene ring substituents is 1. The lowest BCUT2D eigenvalue weighted by molar-refractivity contribution is -0.384. The van der Waals surface area contributed by atoms with Crippen LogP contribution < -0.4 is 15.7 Å². The number of nitro groups is 1. The number of benzene rings is 2. The summed E-state index contributed by atoms with van der Waals surface area (Å²) in [4.78, 5) is 34.6. The van der Waals surface area contributed by atoms with E-state index in [1.807, 2.05) is 0 Å². The third-order valence-electron chi connectivity index (χ3n) is 3.52. The molecule has 0 aliphatic carbocycles. The molecule has 1 amide bonds. The molecule has 8 nitrogen and oxygen atoms in total. The summed E-state index contributed by atoms with van der Waals surface area (Å²) in [6.45, 7) is 0. The summed E-state index contributed by atoms with van der Waals surface area (Å²) in [5, 5.41) is 13.7. The molecule has 3 aromatic rings. The Morgan fingerprint density at radius 2 is 1.88 bits per heavy atom. The van der Waals surface area contributed by atoms with Crippen LogP contribution in [-0.4, -0.2) is 17.9 Å². The highest BCUT2D eigenvalue weighted by molar-refractivity contribution is 6.05. The van der Waals surface area contributed by atoms with E-state index in [2.05, 4.69) is 5.32 Å². The normalized spacial score (nSPS) is 10.4. The average molecular weight is 340 g/mol. The zero-order chi connectivity index (χ0) is 18.0. The smallest absolute Gasteiger partial charge is 0.349 e. The molecule has 0 saturated carbocycles. The van der Waals surface area contributed by atoms with Gasteiger partial charge in [-0.1, -0.05) is 0 Å². The number of carbonyl (C=O) groups excluding carboxylic acids is 1. The maximum Gasteiger partial charge on any atom is 0.349 e. The number of hydrogen-bond donors (Lipinski definition) is 1. The first-order valence-electron chi connectivity index (χ1n) is 7.15. The third kappa shape index (κ3) is 3.32. The van der Waals surface area contributed by atoms with E-state index in [-0.39, 0.29) is 22.2 Å². The number of rotatable bonds is 4. The summed E-state index contributed by atoms with van der Waals surface area (Å²) >= 11 is 0. The van der Waals surface area contributed by atoms with Crippen molar-refractivity contribution in [3.8, 4) is 5.75 Å². The van der Waals surface area contributed by atoms with Crippen molar-refractivity contribution in [3.63, 3.8) is 0 Å². The minimum absolute atomic E-state index is 0.164. The zero-order valence-electron chi connectivity index (χ0n) is 13.0. The quantitative estimate of drug-likeness (QED) is 0.444. The molecule has 1 N–H and O–H groups in total. The monoisotopic (exact) mass is 340 g/mol. The number of anilines is 1. The van der Waals surface area contributed by atoms with Gasteiger partial charge in [0.2, 0.25) is 0 Å². The molecule has 126 valence electrons. The molecule has 0 aliphatic rings.